The van der Waals surface area contributed by atoms with E-state index in [4.69, 9.17) is 4.42 Å². The molecule has 0 atom stereocenters. The fourth-order valence-electron chi connectivity index (χ4n) is 2.01. The molecule has 1 amide bonds. The van der Waals surface area contributed by atoms with Gasteiger partial charge in [-0.2, -0.15) is 5.10 Å². The topological polar surface area (TPSA) is 95.0 Å². The molecule has 0 aliphatic rings. The van der Waals surface area contributed by atoms with Crippen molar-refractivity contribution in [2.75, 3.05) is 6.54 Å². The van der Waals surface area contributed by atoms with Crippen LogP contribution in [0.2, 0.25) is 0 Å². The van der Waals surface area contributed by atoms with Crippen LogP contribution in [0.4, 0.5) is 0 Å². The highest BCUT2D eigenvalue weighted by atomic mass is 16.3. The number of nitrogens with one attached hydrogen (secondary N) is 1. The Morgan fingerprint density at radius 2 is 2.21 bits per heavy atom. The molecule has 0 spiro atoms. The van der Waals surface area contributed by atoms with E-state index in [1.54, 1.807) is 47.4 Å². The number of amides is 1. The van der Waals surface area contributed by atoms with E-state index in [9.17, 15) is 9.59 Å². The van der Waals surface area contributed by atoms with Crippen molar-refractivity contribution in [1.82, 2.24) is 24.9 Å². The van der Waals surface area contributed by atoms with Crippen molar-refractivity contribution in [3.8, 4) is 5.82 Å². The Hall–Kier alpha value is -3.42. The van der Waals surface area contributed by atoms with Crippen molar-refractivity contribution in [1.29, 1.82) is 0 Å². The zero-order valence-electron chi connectivity index (χ0n) is 12.7. The van der Waals surface area contributed by atoms with Gasteiger partial charge >= 0.3 is 0 Å². The maximum Gasteiger partial charge on any atom is 0.266 e. The summed E-state index contributed by atoms with van der Waals surface area (Å²) < 4.78 is 7.93. The van der Waals surface area contributed by atoms with E-state index < -0.39 is 0 Å². The number of nitrogens with zero attached hydrogens (tertiary/aromatic N) is 4. The van der Waals surface area contributed by atoms with Crippen LogP contribution >= 0.6 is 0 Å². The molecule has 8 heteroatoms. The Kier molecular flexibility index (Phi) is 4.66. The van der Waals surface area contributed by atoms with E-state index in [2.05, 4.69) is 15.5 Å². The van der Waals surface area contributed by atoms with Gasteiger partial charge in [0.25, 0.3) is 5.56 Å². The van der Waals surface area contributed by atoms with Gasteiger partial charge in [-0.15, -0.1) is 5.10 Å². The summed E-state index contributed by atoms with van der Waals surface area (Å²) in [5.74, 6) is 0.848. The third-order valence-corrected chi connectivity index (χ3v) is 3.16. The number of hydrogen-bond acceptors (Lipinski definition) is 5. The fourth-order valence-corrected chi connectivity index (χ4v) is 2.01. The van der Waals surface area contributed by atoms with Crippen LogP contribution in [0.25, 0.3) is 11.9 Å². The third-order valence-electron chi connectivity index (χ3n) is 3.16. The van der Waals surface area contributed by atoms with Crippen LogP contribution in [0.15, 0.2) is 64.3 Å². The molecule has 0 aliphatic heterocycles. The minimum absolute atomic E-state index is 0.244. The van der Waals surface area contributed by atoms with Gasteiger partial charge in [0.15, 0.2) is 5.82 Å². The zero-order valence-corrected chi connectivity index (χ0v) is 12.7. The summed E-state index contributed by atoms with van der Waals surface area (Å²) in [7, 11) is 0. The first-order chi connectivity index (χ1) is 11.7. The first kappa shape index (κ1) is 15.5. The van der Waals surface area contributed by atoms with Crippen LogP contribution in [-0.2, 0) is 11.3 Å². The standard InChI is InChI=1S/C16H15N5O3/c22-15(6-4-13-3-1-12-24-13)17-9-11-21-16(23)7-5-14(19-21)20-10-2-8-18-20/h1-8,10,12H,9,11H2,(H,17,22)/b6-4+. The zero-order chi connectivity index (χ0) is 16.8. The van der Waals surface area contributed by atoms with E-state index in [0.717, 1.165) is 0 Å². The quantitative estimate of drug-likeness (QED) is 0.678. The third kappa shape index (κ3) is 3.86. The molecular formula is C16H15N5O3. The van der Waals surface area contributed by atoms with Crippen molar-refractivity contribution < 1.29 is 9.21 Å². The molecule has 0 saturated heterocycles. The summed E-state index contributed by atoms with van der Waals surface area (Å²) in [6.45, 7) is 0.533. The molecule has 0 unspecified atom stereocenters. The first-order valence-electron chi connectivity index (χ1n) is 7.30. The molecule has 0 saturated carbocycles. The van der Waals surface area contributed by atoms with Crippen LogP contribution in [0.5, 0.6) is 0 Å². The van der Waals surface area contributed by atoms with E-state index in [-0.39, 0.29) is 24.6 Å². The van der Waals surface area contributed by atoms with Crippen molar-refractivity contribution in [3.63, 3.8) is 0 Å². The number of furan rings is 1. The number of aromatic nitrogens is 4. The SMILES string of the molecule is O=C(/C=C/c1ccco1)NCCn1nc(-n2cccn2)ccc1=O. The van der Waals surface area contributed by atoms with Gasteiger partial charge in [0, 0.05) is 31.1 Å². The summed E-state index contributed by atoms with van der Waals surface area (Å²) in [6, 6.07) is 8.26. The second kappa shape index (κ2) is 7.23. The lowest BCUT2D eigenvalue weighted by molar-refractivity contribution is -0.116. The van der Waals surface area contributed by atoms with E-state index in [1.807, 2.05) is 0 Å². The Labute approximate surface area is 137 Å². The summed E-state index contributed by atoms with van der Waals surface area (Å²) >= 11 is 0. The van der Waals surface area contributed by atoms with Gasteiger partial charge in [-0.1, -0.05) is 0 Å². The van der Waals surface area contributed by atoms with Crippen LogP contribution in [0.1, 0.15) is 5.76 Å². The van der Waals surface area contributed by atoms with Gasteiger partial charge in [0.05, 0.1) is 12.8 Å². The van der Waals surface area contributed by atoms with Gasteiger partial charge in [-0.05, 0) is 30.3 Å². The predicted octanol–water partition coefficient (Wildman–Crippen LogP) is 0.852. The number of carbonyl (C=O) groups is 1. The van der Waals surface area contributed by atoms with Crippen LogP contribution in [0.3, 0.4) is 0 Å². The average molecular weight is 325 g/mol. The summed E-state index contributed by atoms with van der Waals surface area (Å²) in [5.41, 5.74) is -0.244. The monoisotopic (exact) mass is 325 g/mol. The Morgan fingerprint density at radius 1 is 1.29 bits per heavy atom. The lowest BCUT2D eigenvalue weighted by atomic mass is 10.4. The van der Waals surface area contributed by atoms with Crippen molar-refractivity contribution in [3.05, 3.63) is 71.2 Å². The fraction of sp³-hybridized carbons (Fsp3) is 0.125. The average Bonchev–Trinajstić information content (AvgIpc) is 3.28. The Bertz CT molecular complexity index is 879. The van der Waals surface area contributed by atoms with Gasteiger partial charge in [0.1, 0.15) is 5.76 Å². The van der Waals surface area contributed by atoms with Crippen LogP contribution in [-0.4, -0.2) is 32.0 Å². The molecule has 3 aromatic rings. The van der Waals surface area contributed by atoms with Gasteiger partial charge in [-0.25, -0.2) is 9.36 Å². The Balaban J connectivity index is 1.57. The number of carbonyl (C=O) groups excluding carboxylic acids is 1. The van der Waals surface area contributed by atoms with Crippen molar-refractivity contribution in [2.45, 2.75) is 6.54 Å². The largest absolute Gasteiger partial charge is 0.465 e. The molecule has 8 nitrogen and oxygen atoms in total. The highest BCUT2D eigenvalue weighted by Crippen LogP contribution is 2.01. The van der Waals surface area contributed by atoms with E-state index >= 15 is 0 Å². The molecular weight excluding hydrogens is 310 g/mol. The molecule has 3 heterocycles. The van der Waals surface area contributed by atoms with Gasteiger partial charge in [-0.3, -0.25) is 9.59 Å². The number of rotatable bonds is 6. The first-order valence-corrected chi connectivity index (χ1v) is 7.30. The highest BCUT2D eigenvalue weighted by Gasteiger charge is 2.03. The maximum absolute atomic E-state index is 11.8. The van der Waals surface area contributed by atoms with Crippen molar-refractivity contribution in [2.24, 2.45) is 0 Å². The van der Waals surface area contributed by atoms with Crippen molar-refractivity contribution >= 4 is 12.0 Å². The van der Waals surface area contributed by atoms with E-state index in [1.165, 1.54) is 23.1 Å². The second-order valence-electron chi connectivity index (χ2n) is 4.84. The second-order valence-corrected chi connectivity index (χ2v) is 4.84. The van der Waals surface area contributed by atoms with Gasteiger partial charge in [0.2, 0.25) is 5.91 Å². The Morgan fingerprint density at radius 3 is 2.96 bits per heavy atom. The number of hydrogen-bond donors (Lipinski definition) is 1. The molecule has 0 bridgehead atoms. The van der Waals surface area contributed by atoms with Crippen LogP contribution < -0.4 is 10.9 Å². The molecule has 122 valence electrons. The minimum atomic E-state index is -0.275. The van der Waals surface area contributed by atoms with Crippen LogP contribution in [0, 0.1) is 0 Å². The van der Waals surface area contributed by atoms with E-state index in [0.29, 0.717) is 11.6 Å². The molecule has 1 N–H and O–H groups in total. The molecule has 24 heavy (non-hydrogen) atoms. The molecule has 3 aromatic heterocycles. The molecule has 0 aromatic carbocycles. The maximum atomic E-state index is 11.8. The molecule has 0 radical (unpaired) electrons. The molecule has 0 aliphatic carbocycles. The highest BCUT2D eigenvalue weighted by molar-refractivity contribution is 5.91. The summed E-state index contributed by atoms with van der Waals surface area (Å²) in [6.07, 6.45) is 7.83. The molecule has 0 fully saturated rings. The predicted molar refractivity (Wildman–Crippen MR) is 86.4 cm³/mol. The minimum Gasteiger partial charge on any atom is -0.465 e. The smallest absolute Gasteiger partial charge is 0.266 e. The lowest BCUT2D eigenvalue weighted by Gasteiger charge is -2.07. The lowest BCUT2D eigenvalue weighted by Crippen LogP contribution is -2.31. The van der Waals surface area contributed by atoms with Gasteiger partial charge < -0.3 is 9.73 Å². The normalized spacial score (nSPS) is 11.0. The summed E-state index contributed by atoms with van der Waals surface area (Å²) in [5, 5.41) is 11.0. The summed E-state index contributed by atoms with van der Waals surface area (Å²) in [4.78, 5) is 23.5. The molecule has 3 rings (SSSR count).